The lowest BCUT2D eigenvalue weighted by Gasteiger charge is -1.81. The van der Waals surface area contributed by atoms with Gasteiger partial charge in [0.25, 0.3) is 5.22 Å². The minimum absolute atomic E-state index is 0.315. The van der Waals surface area contributed by atoms with Gasteiger partial charge in [0, 0.05) is 6.26 Å². The Morgan fingerprint density at radius 3 is 2.30 bits per heavy atom. The molecule has 1 atom stereocenters. The predicted molar refractivity (Wildman–Crippen MR) is 38.3 cm³/mol. The minimum Gasteiger partial charge on any atom is -0.435 e. The van der Waals surface area contributed by atoms with Crippen molar-refractivity contribution in [2.24, 2.45) is 0 Å². The van der Waals surface area contributed by atoms with Crippen molar-refractivity contribution in [3.05, 3.63) is 11.5 Å². The smallest absolute Gasteiger partial charge is 0.286 e. The maximum atomic E-state index is 10.8. The zero-order chi connectivity index (χ0) is 7.72. The summed E-state index contributed by atoms with van der Waals surface area (Å²) >= 11 is 0. The quantitative estimate of drug-likeness (QED) is 0.614. The third-order valence-electron chi connectivity index (χ3n) is 1.25. The fourth-order valence-corrected chi connectivity index (χ4v) is 1.07. The summed E-state index contributed by atoms with van der Waals surface area (Å²) < 4.78 is 15.8. The summed E-state index contributed by atoms with van der Waals surface area (Å²) in [7, 11) is -1.10. The summed E-state index contributed by atoms with van der Waals surface area (Å²) in [6, 6.07) is 0. The number of hydrogen-bond donors (Lipinski definition) is 0. The molecule has 0 bridgehead atoms. The molecule has 0 aromatic carbocycles. The Hall–Kier alpha value is -0.640. The average molecular weight is 159 g/mol. The Balaban J connectivity index is 3.10. The molecule has 0 radical (unpaired) electrons. The Morgan fingerprint density at radius 1 is 1.50 bits per heavy atom. The molecule has 0 aliphatic rings. The maximum absolute atomic E-state index is 10.8. The summed E-state index contributed by atoms with van der Waals surface area (Å²) in [6.45, 7) is 3.63. The van der Waals surface area contributed by atoms with Gasteiger partial charge in [-0.3, -0.25) is 0 Å². The lowest BCUT2D eigenvalue weighted by atomic mass is 10.4. The Morgan fingerprint density at radius 2 is 2.10 bits per heavy atom. The fourth-order valence-electron chi connectivity index (χ4n) is 0.566. The van der Waals surface area contributed by atoms with Gasteiger partial charge in [0.2, 0.25) is 0 Å². The van der Waals surface area contributed by atoms with Gasteiger partial charge in [0.1, 0.15) is 16.6 Å². The Labute approximate surface area is 61.9 Å². The van der Waals surface area contributed by atoms with Gasteiger partial charge in [-0.15, -0.1) is 0 Å². The van der Waals surface area contributed by atoms with Crippen LogP contribution in [0.15, 0.2) is 9.64 Å². The highest BCUT2D eigenvalue weighted by Gasteiger charge is 2.07. The number of hydrogen-bond acceptors (Lipinski definition) is 3. The van der Waals surface area contributed by atoms with Gasteiger partial charge in [-0.05, 0) is 13.8 Å². The van der Waals surface area contributed by atoms with Crippen molar-refractivity contribution in [2.75, 3.05) is 6.26 Å². The van der Waals surface area contributed by atoms with Gasteiger partial charge in [-0.2, -0.15) is 0 Å². The molecule has 0 fully saturated rings. The Bertz CT molecular complexity index is 247. The molecule has 56 valence electrons. The van der Waals surface area contributed by atoms with Gasteiger partial charge >= 0.3 is 0 Å². The van der Waals surface area contributed by atoms with Crippen LogP contribution in [0.2, 0.25) is 0 Å². The van der Waals surface area contributed by atoms with Crippen LogP contribution < -0.4 is 0 Å². The highest BCUT2D eigenvalue weighted by Crippen LogP contribution is 2.10. The highest BCUT2D eigenvalue weighted by molar-refractivity contribution is 7.84. The summed E-state index contributed by atoms with van der Waals surface area (Å²) in [6.07, 6.45) is 1.55. The van der Waals surface area contributed by atoms with E-state index in [9.17, 15) is 4.21 Å². The molecule has 0 spiro atoms. The van der Waals surface area contributed by atoms with E-state index in [0.29, 0.717) is 5.22 Å². The van der Waals surface area contributed by atoms with Crippen LogP contribution in [0.3, 0.4) is 0 Å². The molecule has 1 unspecified atom stereocenters. The third-order valence-corrected chi connectivity index (χ3v) is 1.92. The summed E-state index contributed by atoms with van der Waals surface area (Å²) in [4.78, 5) is 3.94. The van der Waals surface area contributed by atoms with Crippen LogP contribution in [0.1, 0.15) is 11.5 Å². The SMILES string of the molecule is Cc1nc(S(C)=O)oc1C. The lowest BCUT2D eigenvalue weighted by Crippen LogP contribution is -1.85. The first-order valence-electron chi connectivity index (χ1n) is 2.88. The lowest BCUT2D eigenvalue weighted by molar-refractivity contribution is 0.424. The standard InChI is InChI=1S/C6H9NO2S/c1-4-5(2)9-6(7-4)10(3)8/h1-3H3. The van der Waals surface area contributed by atoms with Crippen LogP contribution in [-0.2, 0) is 10.8 Å². The van der Waals surface area contributed by atoms with Crippen LogP contribution in [0, 0.1) is 13.8 Å². The van der Waals surface area contributed by atoms with Gasteiger partial charge in [-0.25, -0.2) is 9.19 Å². The van der Waals surface area contributed by atoms with Crippen LogP contribution in [0.4, 0.5) is 0 Å². The molecule has 1 aromatic rings. The molecule has 0 aliphatic heterocycles. The molecule has 1 heterocycles. The predicted octanol–water partition coefficient (Wildman–Crippen LogP) is 1.03. The second-order valence-corrected chi connectivity index (χ2v) is 3.33. The number of oxazole rings is 1. The molecular weight excluding hydrogens is 150 g/mol. The van der Waals surface area contributed by atoms with E-state index in [-0.39, 0.29) is 0 Å². The fraction of sp³-hybridized carbons (Fsp3) is 0.500. The van der Waals surface area contributed by atoms with Crippen molar-refractivity contribution in [1.29, 1.82) is 0 Å². The normalized spacial score (nSPS) is 13.5. The molecular formula is C6H9NO2S. The van der Waals surface area contributed by atoms with Crippen molar-refractivity contribution in [3.8, 4) is 0 Å². The van der Waals surface area contributed by atoms with E-state index in [0.717, 1.165) is 11.5 Å². The minimum atomic E-state index is -1.10. The summed E-state index contributed by atoms with van der Waals surface area (Å²) in [5.74, 6) is 0.741. The van der Waals surface area contributed by atoms with Gasteiger partial charge in [0.05, 0.1) is 5.69 Å². The second-order valence-electron chi connectivity index (χ2n) is 2.08. The molecule has 0 amide bonds. The average Bonchev–Trinajstić information content (AvgIpc) is 2.13. The number of rotatable bonds is 1. The van der Waals surface area contributed by atoms with Gasteiger partial charge < -0.3 is 4.42 Å². The van der Waals surface area contributed by atoms with Crippen molar-refractivity contribution in [1.82, 2.24) is 4.98 Å². The molecule has 0 aliphatic carbocycles. The van der Waals surface area contributed by atoms with Crippen molar-refractivity contribution < 1.29 is 8.63 Å². The second kappa shape index (κ2) is 2.54. The summed E-state index contributed by atoms with van der Waals surface area (Å²) in [5, 5.41) is 0.315. The van der Waals surface area contributed by atoms with Gasteiger partial charge in [0.15, 0.2) is 0 Å². The first-order valence-corrected chi connectivity index (χ1v) is 4.44. The maximum Gasteiger partial charge on any atom is 0.286 e. The molecule has 3 nitrogen and oxygen atoms in total. The van der Waals surface area contributed by atoms with Gasteiger partial charge in [-0.1, -0.05) is 0 Å². The van der Waals surface area contributed by atoms with Crippen LogP contribution in [-0.4, -0.2) is 15.4 Å². The number of nitrogens with zero attached hydrogens (tertiary/aromatic N) is 1. The first-order chi connectivity index (χ1) is 4.61. The number of aryl methyl sites for hydroxylation is 2. The van der Waals surface area contributed by atoms with E-state index in [1.807, 2.05) is 6.92 Å². The topological polar surface area (TPSA) is 43.1 Å². The molecule has 4 heteroatoms. The largest absolute Gasteiger partial charge is 0.435 e. The summed E-state index contributed by atoms with van der Waals surface area (Å²) in [5.41, 5.74) is 0.810. The highest BCUT2D eigenvalue weighted by atomic mass is 32.2. The van der Waals surface area contributed by atoms with E-state index >= 15 is 0 Å². The molecule has 0 saturated heterocycles. The molecule has 1 aromatic heterocycles. The molecule has 0 N–H and O–H groups in total. The van der Waals surface area contributed by atoms with E-state index in [1.54, 1.807) is 13.2 Å². The van der Waals surface area contributed by atoms with E-state index in [1.165, 1.54) is 0 Å². The van der Waals surface area contributed by atoms with Crippen molar-refractivity contribution in [2.45, 2.75) is 19.1 Å². The third kappa shape index (κ3) is 1.26. The monoisotopic (exact) mass is 159 g/mol. The Kier molecular flexibility index (Phi) is 1.89. The zero-order valence-electron chi connectivity index (χ0n) is 6.17. The molecule has 0 saturated carbocycles. The van der Waals surface area contributed by atoms with Crippen LogP contribution in [0.5, 0.6) is 0 Å². The molecule has 1 rings (SSSR count). The molecule has 10 heavy (non-hydrogen) atoms. The van der Waals surface area contributed by atoms with E-state index < -0.39 is 10.8 Å². The van der Waals surface area contributed by atoms with E-state index in [2.05, 4.69) is 4.98 Å². The zero-order valence-corrected chi connectivity index (χ0v) is 6.99. The van der Waals surface area contributed by atoms with Crippen LogP contribution in [0.25, 0.3) is 0 Å². The first kappa shape index (κ1) is 7.47. The van der Waals surface area contributed by atoms with Crippen LogP contribution >= 0.6 is 0 Å². The van der Waals surface area contributed by atoms with Crippen molar-refractivity contribution >= 4 is 10.8 Å². The van der Waals surface area contributed by atoms with E-state index in [4.69, 9.17) is 4.42 Å². The number of aromatic nitrogens is 1. The van der Waals surface area contributed by atoms with Crippen molar-refractivity contribution in [3.63, 3.8) is 0 Å².